The zero-order valence-corrected chi connectivity index (χ0v) is 13.9. The molecule has 2 rings (SSSR count). The van der Waals surface area contributed by atoms with Crippen molar-refractivity contribution in [1.82, 2.24) is 0 Å². The molecule has 0 aliphatic heterocycles. The Hall–Kier alpha value is -1.41. The molecule has 0 saturated heterocycles. The molecule has 0 aromatic heterocycles. The maximum absolute atomic E-state index is 11.7. The molecule has 2 N–H and O–H groups in total. The van der Waals surface area contributed by atoms with Gasteiger partial charge in [-0.05, 0) is 71.1 Å². The minimum absolute atomic E-state index is 0.566. The van der Waals surface area contributed by atoms with Gasteiger partial charge in [0.25, 0.3) is 0 Å². The second kappa shape index (κ2) is 6.85. The molecule has 0 radical (unpaired) electrons. The summed E-state index contributed by atoms with van der Waals surface area (Å²) in [6.07, 6.45) is 0. The van der Waals surface area contributed by atoms with Crippen LogP contribution in [0.25, 0.3) is 0 Å². The van der Waals surface area contributed by atoms with Gasteiger partial charge in [0.2, 0.25) is 0 Å². The zero-order valence-electron chi connectivity index (χ0n) is 10.2. The van der Waals surface area contributed by atoms with E-state index in [1.54, 1.807) is 36.4 Å². The van der Waals surface area contributed by atoms with E-state index in [0.717, 1.165) is 8.04 Å². The number of anilines is 2. The fourth-order valence-electron chi connectivity index (χ4n) is 1.44. The molecule has 6 heteroatoms. The summed E-state index contributed by atoms with van der Waals surface area (Å²) in [4.78, 5) is 23.5. The molecule has 0 fully saturated rings. The van der Waals surface area contributed by atoms with Crippen LogP contribution in [0.5, 0.6) is 0 Å². The lowest BCUT2D eigenvalue weighted by Crippen LogP contribution is -2.29. The standard InChI is InChI=1S/C14H10BrIN2O2/c15-9-1-5-11(6-2-9)17-13(19)14(20)18-12-7-3-10(16)4-8-12/h1-8H,(H,17,19)(H,18,20). The van der Waals surface area contributed by atoms with Crippen LogP contribution in [-0.2, 0) is 9.59 Å². The number of amides is 2. The molecule has 2 aromatic carbocycles. The van der Waals surface area contributed by atoms with Crippen molar-refractivity contribution in [3.63, 3.8) is 0 Å². The predicted molar refractivity (Wildman–Crippen MR) is 90.6 cm³/mol. The molecule has 2 aromatic rings. The third kappa shape index (κ3) is 4.31. The minimum atomic E-state index is -0.703. The minimum Gasteiger partial charge on any atom is -0.318 e. The van der Waals surface area contributed by atoms with Crippen LogP contribution < -0.4 is 10.6 Å². The number of benzene rings is 2. The van der Waals surface area contributed by atoms with E-state index >= 15 is 0 Å². The van der Waals surface area contributed by atoms with Crippen LogP contribution in [0.1, 0.15) is 0 Å². The Kier molecular flexibility index (Phi) is 5.13. The van der Waals surface area contributed by atoms with Gasteiger partial charge in [-0.3, -0.25) is 9.59 Å². The summed E-state index contributed by atoms with van der Waals surface area (Å²) in [6.45, 7) is 0. The number of halogens is 2. The number of nitrogens with one attached hydrogen (secondary N) is 2. The first-order valence-electron chi connectivity index (χ1n) is 5.68. The van der Waals surface area contributed by atoms with Crippen molar-refractivity contribution in [1.29, 1.82) is 0 Å². The molecule has 20 heavy (non-hydrogen) atoms. The highest BCUT2D eigenvalue weighted by Crippen LogP contribution is 2.14. The Balaban J connectivity index is 1.96. The Morgan fingerprint density at radius 3 is 1.65 bits per heavy atom. The topological polar surface area (TPSA) is 58.2 Å². The Morgan fingerprint density at radius 2 is 1.20 bits per heavy atom. The second-order valence-corrected chi connectivity index (χ2v) is 6.08. The van der Waals surface area contributed by atoms with Gasteiger partial charge in [-0.15, -0.1) is 0 Å². The van der Waals surface area contributed by atoms with Gasteiger partial charge < -0.3 is 10.6 Å². The molecule has 2 amide bonds. The van der Waals surface area contributed by atoms with Crippen LogP contribution in [0.15, 0.2) is 53.0 Å². The summed E-state index contributed by atoms with van der Waals surface area (Å²) >= 11 is 5.46. The van der Waals surface area contributed by atoms with E-state index in [1.165, 1.54) is 0 Å². The van der Waals surface area contributed by atoms with Gasteiger partial charge in [0.15, 0.2) is 0 Å². The van der Waals surface area contributed by atoms with Crippen molar-refractivity contribution in [2.75, 3.05) is 10.6 Å². The zero-order chi connectivity index (χ0) is 14.5. The van der Waals surface area contributed by atoms with E-state index in [1.807, 2.05) is 12.1 Å². The third-order valence-corrected chi connectivity index (χ3v) is 3.66. The summed E-state index contributed by atoms with van der Waals surface area (Å²) in [5, 5.41) is 5.06. The van der Waals surface area contributed by atoms with Crippen LogP contribution in [0.2, 0.25) is 0 Å². The van der Waals surface area contributed by atoms with Crippen LogP contribution >= 0.6 is 38.5 Å². The molecule has 4 nitrogen and oxygen atoms in total. The molecule has 0 bridgehead atoms. The highest BCUT2D eigenvalue weighted by molar-refractivity contribution is 14.1. The lowest BCUT2D eigenvalue weighted by molar-refractivity contribution is -0.132. The van der Waals surface area contributed by atoms with Gasteiger partial charge in [-0.2, -0.15) is 0 Å². The number of rotatable bonds is 2. The quantitative estimate of drug-likeness (QED) is 0.549. The molecule has 0 spiro atoms. The van der Waals surface area contributed by atoms with Gasteiger partial charge in [-0.25, -0.2) is 0 Å². The average Bonchev–Trinajstić information content (AvgIpc) is 2.44. The SMILES string of the molecule is O=C(Nc1ccc(Br)cc1)C(=O)Nc1ccc(I)cc1. The molecular weight excluding hydrogens is 435 g/mol. The van der Waals surface area contributed by atoms with Gasteiger partial charge in [0.05, 0.1) is 0 Å². The number of hydrogen-bond donors (Lipinski definition) is 2. The number of carbonyl (C=O) groups excluding carboxylic acids is 2. The summed E-state index contributed by atoms with van der Waals surface area (Å²) in [5.74, 6) is -1.40. The molecule has 0 saturated carbocycles. The predicted octanol–water partition coefficient (Wildman–Crippen LogP) is 3.63. The van der Waals surface area contributed by atoms with Crippen molar-refractivity contribution in [2.24, 2.45) is 0 Å². The van der Waals surface area contributed by atoms with E-state index in [4.69, 9.17) is 0 Å². The molecule has 0 aliphatic carbocycles. The highest BCUT2D eigenvalue weighted by Gasteiger charge is 2.13. The van der Waals surface area contributed by atoms with Crippen molar-refractivity contribution in [2.45, 2.75) is 0 Å². The fraction of sp³-hybridized carbons (Fsp3) is 0. The largest absolute Gasteiger partial charge is 0.318 e. The van der Waals surface area contributed by atoms with Crippen LogP contribution in [0.3, 0.4) is 0 Å². The first kappa shape index (κ1) is 15.0. The van der Waals surface area contributed by atoms with Crippen LogP contribution in [0, 0.1) is 3.57 Å². The molecular formula is C14H10BrIN2O2. The van der Waals surface area contributed by atoms with Crippen LogP contribution in [0.4, 0.5) is 11.4 Å². The lowest BCUT2D eigenvalue weighted by atomic mass is 10.3. The van der Waals surface area contributed by atoms with E-state index in [0.29, 0.717) is 11.4 Å². The summed E-state index contributed by atoms with van der Waals surface area (Å²) < 4.78 is 1.96. The molecule has 0 heterocycles. The molecule has 0 atom stereocenters. The van der Waals surface area contributed by atoms with Crippen LogP contribution in [-0.4, -0.2) is 11.8 Å². The first-order chi connectivity index (χ1) is 9.54. The smallest absolute Gasteiger partial charge is 0.314 e. The number of hydrogen-bond acceptors (Lipinski definition) is 2. The van der Waals surface area contributed by atoms with Crippen molar-refractivity contribution in [3.05, 3.63) is 56.6 Å². The highest BCUT2D eigenvalue weighted by atomic mass is 127. The maximum atomic E-state index is 11.7. The van der Waals surface area contributed by atoms with Gasteiger partial charge in [0.1, 0.15) is 0 Å². The Bertz CT molecular complexity index is 569. The average molecular weight is 445 g/mol. The Morgan fingerprint density at radius 1 is 0.800 bits per heavy atom. The molecule has 0 aliphatic rings. The summed E-state index contributed by atoms with van der Waals surface area (Å²) in [5.41, 5.74) is 1.15. The normalized spacial score (nSPS) is 9.90. The van der Waals surface area contributed by atoms with Gasteiger partial charge in [0, 0.05) is 19.4 Å². The van der Waals surface area contributed by atoms with Crippen molar-refractivity contribution >= 4 is 61.7 Å². The summed E-state index contributed by atoms with van der Waals surface area (Å²) in [7, 11) is 0. The number of carbonyl (C=O) groups is 2. The fourth-order valence-corrected chi connectivity index (χ4v) is 2.07. The first-order valence-corrected chi connectivity index (χ1v) is 7.55. The maximum Gasteiger partial charge on any atom is 0.314 e. The van der Waals surface area contributed by atoms with Gasteiger partial charge in [-0.1, -0.05) is 15.9 Å². The van der Waals surface area contributed by atoms with Crippen molar-refractivity contribution in [3.8, 4) is 0 Å². The van der Waals surface area contributed by atoms with E-state index in [2.05, 4.69) is 49.2 Å². The molecule has 0 unspecified atom stereocenters. The monoisotopic (exact) mass is 444 g/mol. The summed E-state index contributed by atoms with van der Waals surface area (Å²) in [6, 6.07) is 14.2. The van der Waals surface area contributed by atoms with E-state index < -0.39 is 11.8 Å². The second-order valence-electron chi connectivity index (χ2n) is 3.92. The van der Waals surface area contributed by atoms with Gasteiger partial charge >= 0.3 is 11.8 Å². The van der Waals surface area contributed by atoms with Crippen molar-refractivity contribution < 1.29 is 9.59 Å². The molecule has 102 valence electrons. The van der Waals surface area contributed by atoms with E-state index in [-0.39, 0.29) is 0 Å². The lowest BCUT2D eigenvalue weighted by Gasteiger charge is -2.06. The Labute approximate surface area is 138 Å². The van der Waals surface area contributed by atoms with E-state index in [9.17, 15) is 9.59 Å². The third-order valence-electron chi connectivity index (χ3n) is 2.41.